The number of hydrogen-bond acceptors (Lipinski definition) is 6. The van der Waals surface area contributed by atoms with Gasteiger partial charge in [-0.3, -0.25) is 9.59 Å². The van der Waals surface area contributed by atoms with Crippen LogP contribution >= 0.6 is 11.3 Å². The summed E-state index contributed by atoms with van der Waals surface area (Å²) in [6.45, 7) is 2.03. The summed E-state index contributed by atoms with van der Waals surface area (Å²) in [7, 11) is 0. The molecule has 0 bridgehead atoms. The van der Waals surface area contributed by atoms with E-state index in [1.807, 2.05) is 17.5 Å². The summed E-state index contributed by atoms with van der Waals surface area (Å²) in [6, 6.07) is 12.0. The van der Waals surface area contributed by atoms with E-state index in [1.165, 1.54) is 40.3 Å². The SMILES string of the molecule is C[C@@H](C(=O)NCc1cccs1)n1cc(-c2nc(-c3ccccc3F)no2)ccc1=O. The first-order valence-corrected chi connectivity index (χ1v) is 10.0. The van der Waals surface area contributed by atoms with Crippen molar-refractivity contribution in [3.8, 4) is 22.8 Å². The maximum atomic E-state index is 14.0. The van der Waals surface area contributed by atoms with Crippen LogP contribution in [0.3, 0.4) is 0 Å². The molecule has 0 fully saturated rings. The highest BCUT2D eigenvalue weighted by Crippen LogP contribution is 2.24. The Hall–Kier alpha value is -3.59. The van der Waals surface area contributed by atoms with Crippen LogP contribution in [0.1, 0.15) is 17.8 Å². The first kappa shape index (κ1) is 19.7. The topological polar surface area (TPSA) is 90.0 Å². The van der Waals surface area contributed by atoms with Crippen LogP contribution in [0.5, 0.6) is 0 Å². The summed E-state index contributed by atoms with van der Waals surface area (Å²) in [4.78, 5) is 30.1. The number of hydrogen-bond donors (Lipinski definition) is 1. The Balaban J connectivity index is 1.57. The zero-order chi connectivity index (χ0) is 21.1. The van der Waals surface area contributed by atoms with Crippen molar-refractivity contribution in [3.63, 3.8) is 0 Å². The molecule has 0 aliphatic carbocycles. The molecular formula is C21H17FN4O3S. The quantitative estimate of drug-likeness (QED) is 0.510. The highest BCUT2D eigenvalue weighted by Gasteiger charge is 2.19. The monoisotopic (exact) mass is 424 g/mol. The smallest absolute Gasteiger partial charge is 0.259 e. The van der Waals surface area contributed by atoms with Crippen molar-refractivity contribution in [2.24, 2.45) is 0 Å². The number of rotatable bonds is 6. The Morgan fingerprint density at radius 3 is 2.83 bits per heavy atom. The predicted molar refractivity (Wildman–Crippen MR) is 110 cm³/mol. The van der Waals surface area contributed by atoms with Crippen LogP contribution in [0.2, 0.25) is 0 Å². The molecule has 0 saturated heterocycles. The lowest BCUT2D eigenvalue weighted by Gasteiger charge is -2.15. The molecule has 0 radical (unpaired) electrons. The summed E-state index contributed by atoms with van der Waals surface area (Å²) in [6.07, 6.45) is 1.48. The molecule has 4 aromatic rings. The second kappa shape index (κ2) is 8.42. The summed E-state index contributed by atoms with van der Waals surface area (Å²) in [5, 5.41) is 8.57. The van der Waals surface area contributed by atoms with E-state index >= 15 is 0 Å². The average Bonchev–Trinajstić information content (AvgIpc) is 3.44. The number of pyridine rings is 1. The number of aromatic nitrogens is 3. The van der Waals surface area contributed by atoms with E-state index in [-0.39, 0.29) is 28.7 Å². The van der Waals surface area contributed by atoms with E-state index in [0.29, 0.717) is 12.1 Å². The highest BCUT2D eigenvalue weighted by atomic mass is 32.1. The molecule has 1 amide bonds. The standard InChI is InChI=1S/C21H17FN4O3S/c1-13(20(28)23-11-15-5-4-10-30-15)26-12-14(8-9-18(26)27)21-24-19(25-29-21)16-6-2-3-7-17(16)22/h2-10,12-13H,11H2,1H3,(H,23,28)/t13-/m0/s1. The number of nitrogens with zero attached hydrogens (tertiary/aromatic N) is 3. The molecular weight excluding hydrogens is 407 g/mol. The normalized spacial score (nSPS) is 11.9. The van der Waals surface area contributed by atoms with E-state index in [9.17, 15) is 14.0 Å². The number of halogens is 1. The molecule has 3 aromatic heterocycles. The maximum Gasteiger partial charge on any atom is 0.259 e. The fourth-order valence-electron chi connectivity index (χ4n) is 2.89. The van der Waals surface area contributed by atoms with E-state index in [2.05, 4.69) is 15.5 Å². The van der Waals surface area contributed by atoms with Crippen LogP contribution < -0.4 is 10.9 Å². The van der Waals surface area contributed by atoms with Gasteiger partial charge in [-0.1, -0.05) is 23.4 Å². The minimum Gasteiger partial charge on any atom is -0.349 e. The molecule has 30 heavy (non-hydrogen) atoms. The number of carbonyl (C=O) groups is 1. The molecule has 0 saturated carbocycles. The van der Waals surface area contributed by atoms with Crippen LogP contribution in [-0.2, 0) is 11.3 Å². The highest BCUT2D eigenvalue weighted by molar-refractivity contribution is 7.09. The zero-order valence-corrected chi connectivity index (χ0v) is 16.7. The Bertz CT molecular complexity index is 1230. The maximum absolute atomic E-state index is 14.0. The van der Waals surface area contributed by atoms with Crippen molar-refractivity contribution in [2.45, 2.75) is 19.5 Å². The van der Waals surface area contributed by atoms with Gasteiger partial charge in [-0.2, -0.15) is 4.98 Å². The van der Waals surface area contributed by atoms with Gasteiger partial charge in [0.1, 0.15) is 11.9 Å². The summed E-state index contributed by atoms with van der Waals surface area (Å²) >= 11 is 1.54. The fourth-order valence-corrected chi connectivity index (χ4v) is 3.53. The minimum absolute atomic E-state index is 0.0996. The third-order valence-electron chi connectivity index (χ3n) is 4.54. The number of thiophene rings is 1. The number of carbonyl (C=O) groups excluding carboxylic acids is 1. The van der Waals surface area contributed by atoms with Gasteiger partial charge in [0, 0.05) is 17.1 Å². The molecule has 7 nitrogen and oxygen atoms in total. The number of amides is 1. The third kappa shape index (κ3) is 4.06. The van der Waals surface area contributed by atoms with Crippen molar-refractivity contribution in [3.05, 3.63) is 81.2 Å². The third-order valence-corrected chi connectivity index (χ3v) is 5.42. The van der Waals surface area contributed by atoms with Gasteiger partial charge in [0.2, 0.25) is 11.7 Å². The number of nitrogens with one attached hydrogen (secondary N) is 1. The van der Waals surface area contributed by atoms with Crippen molar-refractivity contribution in [1.82, 2.24) is 20.0 Å². The lowest BCUT2D eigenvalue weighted by molar-refractivity contribution is -0.124. The molecule has 4 rings (SSSR count). The second-order valence-corrected chi connectivity index (χ2v) is 7.57. The number of benzene rings is 1. The van der Waals surface area contributed by atoms with Gasteiger partial charge in [0.15, 0.2) is 0 Å². The van der Waals surface area contributed by atoms with Crippen LogP contribution in [0.4, 0.5) is 4.39 Å². The molecule has 1 aromatic carbocycles. The van der Waals surface area contributed by atoms with Gasteiger partial charge in [-0.25, -0.2) is 4.39 Å². The molecule has 0 aliphatic heterocycles. The first-order chi connectivity index (χ1) is 14.5. The molecule has 3 heterocycles. The minimum atomic E-state index is -0.744. The van der Waals surface area contributed by atoms with Crippen molar-refractivity contribution >= 4 is 17.2 Å². The summed E-state index contributed by atoms with van der Waals surface area (Å²) < 4.78 is 20.5. The Morgan fingerprint density at radius 2 is 2.07 bits per heavy atom. The van der Waals surface area contributed by atoms with E-state index in [1.54, 1.807) is 25.1 Å². The van der Waals surface area contributed by atoms with Crippen molar-refractivity contribution in [2.75, 3.05) is 0 Å². The molecule has 1 atom stereocenters. The van der Waals surface area contributed by atoms with E-state index < -0.39 is 11.9 Å². The van der Waals surface area contributed by atoms with Crippen LogP contribution in [0, 0.1) is 5.82 Å². The van der Waals surface area contributed by atoms with Gasteiger partial charge in [0.05, 0.1) is 17.7 Å². The van der Waals surface area contributed by atoms with E-state index in [4.69, 9.17) is 4.52 Å². The summed E-state index contributed by atoms with van der Waals surface area (Å²) in [5.74, 6) is -0.540. The Morgan fingerprint density at radius 1 is 1.23 bits per heavy atom. The van der Waals surface area contributed by atoms with Crippen LogP contribution in [0.25, 0.3) is 22.8 Å². The van der Waals surface area contributed by atoms with E-state index in [0.717, 1.165) is 4.88 Å². The largest absolute Gasteiger partial charge is 0.349 e. The van der Waals surface area contributed by atoms with Crippen LogP contribution in [-0.4, -0.2) is 20.6 Å². The molecule has 9 heteroatoms. The molecule has 0 aliphatic rings. The average molecular weight is 424 g/mol. The fraction of sp³-hybridized carbons (Fsp3) is 0.143. The molecule has 0 unspecified atom stereocenters. The molecule has 0 spiro atoms. The zero-order valence-electron chi connectivity index (χ0n) is 15.9. The van der Waals surface area contributed by atoms with Gasteiger partial charge >= 0.3 is 0 Å². The predicted octanol–water partition coefficient (Wildman–Crippen LogP) is 3.64. The molecule has 152 valence electrons. The second-order valence-electron chi connectivity index (χ2n) is 6.54. The summed E-state index contributed by atoms with van der Waals surface area (Å²) in [5.41, 5.74) is 0.316. The Labute approximate surface area is 174 Å². The molecule has 1 N–H and O–H groups in total. The van der Waals surface area contributed by atoms with Gasteiger partial charge in [-0.15, -0.1) is 11.3 Å². The van der Waals surface area contributed by atoms with Gasteiger partial charge in [-0.05, 0) is 36.6 Å². The van der Waals surface area contributed by atoms with Gasteiger partial charge < -0.3 is 14.4 Å². The Kier molecular flexibility index (Phi) is 5.53. The van der Waals surface area contributed by atoms with Crippen molar-refractivity contribution in [1.29, 1.82) is 0 Å². The lowest BCUT2D eigenvalue weighted by Crippen LogP contribution is -2.35. The van der Waals surface area contributed by atoms with Crippen molar-refractivity contribution < 1.29 is 13.7 Å². The van der Waals surface area contributed by atoms with Crippen LogP contribution in [0.15, 0.2) is 69.4 Å². The first-order valence-electron chi connectivity index (χ1n) is 9.14. The van der Waals surface area contributed by atoms with Gasteiger partial charge in [0.25, 0.3) is 11.4 Å². The lowest BCUT2D eigenvalue weighted by atomic mass is 10.2.